The summed E-state index contributed by atoms with van der Waals surface area (Å²) in [7, 11) is -2.64. The van der Waals surface area contributed by atoms with Crippen LogP contribution < -0.4 is 5.32 Å². The molecule has 1 rings (SSSR count). The molecule has 20 heavy (non-hydrogen) atoms. The molecule has 10 heteroatoms. The van der Waals surface area contributed by atoms with Crippen LogP contribution in [0.15, 0.2) is 20.0 Å². The molecule has 0 radical (unpaired) electrons. The van der Waals surface area contributed by atoms with Crippen LogP contribution in [0.2, 0.25) is 0 Å². The van der Waals surface area contributed by atoms with Gasteiger partial charge in [0.05, 0.1) is 6.54 Å². The summed E-state index contributed by atoms with van der Waals surface area (Å²) < 4.78 is 67.0. The number of nitrogens with one attached hydrogen (secondary N) is 1. The minimum Gasteiger partial charge on any atom is -0.452 e. The highest BCUT2D eigenvalue weighted by Gasteiger charge is 2.37. The fourth-order valence-electron chi connectivity index (χ4n) is 1.54. The van der Waals surface area contributed by atoms with Crippen molar-refractivity contribution in [2.45, 2.75) is 24.5 Å². The zero-order valence-corrected chi connectivity index (χ0v) is 13.2. The second-order valence-corrected chi connectivity index (χ2v) is 6.55. The van der Waals surface area contributed by atoms with Crippen LogP contribution >= 0.6 is 15.9 Å². The van der Waals surface area contributed by atoms with E-state index < -0.39 is 22.7 Å². The van der Waals surface area contributed by atoms with Gasteiger partial charge in [0, 0.05) is 12.6 Å². The molecule has 116 valence electrons. The smallest absolute Gasteiger partial charge is 0.402 e. The van der Waals surface area contributed by atoms with Gasteiger partial charge in [0.1, 0.15) is 17.2 Å². The molecule has 0 aromatic carbocycles. The van der Waals surface area contributed by atoms with Gasteiger partial charge in [0.15, 0.2) is 4.67 Å². The molecule has 1 heterocycles. The molecule has 1 aromatic rings. The van der Waals surface area contributed by atoms with E-state index in [9.17, 15) is 21.6 Å². The van der Waals surface area contributed by atoms with Gasteiger partial charge in [-0.3, -0.25) is 0 Å². The zero-order valence-electron chi connectivity index (χ0n) is 10.8. The van der Waals surface area contributed by atoms with Crippen molar-refractivity contribution in [1.82, 2.24) is 9.62 Å². The molecule has 0 spiro atoms. The van der Waals surface area contributed by atoms with E-state index >= 15 is 0 Å². The van der Waals surface area contributed by atoms with Gasteiger partial charge in [-0.2, -0.15) is 17.5 Å². The zero-order chi connectivity index (χ0) is 15.6. The average Bonchev–Trinajstić information content (AvgIpc) is 2.67. The quantitative estimate of drug-likeness (QED) is 0.824. The van der Waals surface area contributed by atoms with Crippen LogP contribution in [0.25, 0.3) is 0 Å². The lowest BCUT2D eigenvalue weighted by Crippen LogP contribution is -2.38. The summed E-state index contributed by atoms with van der Waals surface area (Å²) in [5, 5.41) is 2.75. The van der Waals surface area contributed by atoms with Crippen LogP contribution in [-0.4, -0.2) is 39.0 Å². The van der Waals surface area contributed by atoms with E-state index in [1.165, 1.54) is 13.0 Å². The van der Waals surface area contributed by atoms with Crippen molar-refractivity contribution < 1.29 is 26.0 Å². The minimum absolute atomic E-state index is 0.108. The van der Waals surface area contributed by atoms with Gasteiger partial charge in [-0.15, -0.1) is 0 Å². The Kier molecular flexibility index (Phi) is 5.64. The second kappa shape index (κ2) is 6.46. The van der Waals surface area contributed by atoms with E-state index in [1.807, 2.05) is 0 Å². The molecule has 0 fully saturated rings. The van der Waals surface area contributed by atoms with Gasteiger partial charge >= 0.3 is 6.18 Å². The summed E-state index contributed by atoms with van der Waals surface area (Å²) in [6.45, 7) is -0.225. The molecule has 0 amide bonds. The van der Waals surface area contributed by atoms with E-state index in [0.29, 0.717) is 10.1 Å². The fraction of sp³-hybridized carbons (Fsp3) is 0.600. The maximum atomic E-state index is 12.4. The molecular formula is C10H14BrF3N2O3S. The molecule has 0 unspecified atom stereocenters. The van der Waals surface area contributed by atoms with Crippen LogP contribution in [-0.2, 0) is 16.6 Å². The van der Waals surface area contributed by atoms with Gasteiger partial charge in [-0.25, -0.2) is 8.42 Å². The largest absolute Gasteiger partial charge is 0.452 e. The molecule has 0 atom stereocenters. The lowest BCUT2D eigenvalue weighted by molar-refractivity contribution is -0.135. The number of rotatable bonds is 6. The highest BCUT2D eigenvalue weighted by atomic mass is 79.9. The first-order valence-corrected chi connectivity index (χ1v) is 7.84. The molecule has 0 bridgehead atoms. The summed E-state index contributed by atoms with van der Waals surface area (Å²) in [6.07, 6.45) is -4.60. The molecule has 1 N–H and O–H groups in total. The van der Waals surface area contributed by atoms with Crippen molar-refractivity contribution in [2.75, 3.05) is 20.1 Å². The molecule has 0 saturated carbocycles. The SMILES string of the molecule is CCN(CC(F)(F)F)S(=O)(=O)c1cc(CNC)oc1Br. The standard InChI is InChI=1S/C10H14BrF3N2O3S/c1-3-16(6-10(12,13)14)20(17,18)8-4-7(5-15-2)19-9(8)11/h4,15H,3,5-6H2,1-2H3. The molecule has 0 aliphatic rings. The normalized spacial score (nSPS) is 13.2. The number of halogens is 4. The Labute approximate surface area is 123 Å². The molecule has 0 aliphatic carbocycles. The predicted molar refractivity (Wildman–Crippen MR) is 69.7 cm³/mol. The van der Waals surface area contributed by atoms with Gasteiger partial charge in [-0.1, -0.05) is 6.92 Å². The Morgan fingerprint density at radius 1 is 1.45 bits per heavy atom. The summed E-state index contributed by atoms with van der Waals surface area (Å²) in [5.41, 5.74) is 0. The van der Waals surface area contributed by atoms with Gasteiger partial charge in [0.25, 0.3) is 0 Å². The topological polar surface area (TPSA) is 62.6 Å². The van der Waals surface area contributed by atoms with Crippen LogP contribution in [0, 0.1) is 0 Å². The molecular weight excluding hydrogens is 365 g/mol. The van der Waals surface area contributed by atoms with Crippen molar-refractivity contribution in [3.63, 3.8) is 0 Å². The molecule has 1 aromatic heterocycles. The number of hydrogen-bond acceptors (Lipinski definition) is 4. The van der Waals surface area contributed by atoms with Gasteiger partial charge < -0.3 is 9.73 Å². The lowest BCUT2D eigenvalue weighted by atomic mass is 10.4. The van der Waals surface area contributed by atoms with E-state index in [-0.39, 0.29) is 22.7 Å². The van der Waals surface area contributed by atoms with Gasteiger partial charge in [-0.05, 0) is 23.0 Å². The third-order valence-corrected chi connectivity index (χ3v) is 5.16. The van der Waals surface area contributed by atoms with Crippen molar-refractivity contribution in [2.24, 2.45) is 0 Å². The van der Waals surface area contributed by atoms with Crippen molar-refractivity contribution in [3.8, 4) is 0 Å². The van der Waals surface area contributed by atoms with Crippen molar-refractivity contribution >= 4 is 26.0 Å². The Balaban J connectivity index is 3.14. The fourth-order valence-corrected chi connectivity index (χ4v) is 3.94. The molecule has 5 nitrogen and oxygen atoms in total. The second-order valence-electron chi connectivity index (χ2n) is 3.93. The van der Waals surface area contributed by atoms with Crippen LogP contribution in [0.5, 0.6) is 0 Å². The molecule has 0 saturated heterocycles. The Hall–Kier alpha value is -0.580. The molecule has 0 aliphatic heterocycles. The maximum absolute atomic E-state index is 12.4. The monoisotopic (exact) mass is 378 g/mol. The van der Waals surface area contributed by atoms with Crippen LogP contribution in [0.3, 0.4) is 0 Å². The van der Waals surface area contributed by atoms with E-state index in [0.717, 1.165) is 0 Å². The van der Waals surface area contributed by atoms with Crippen molar-refractivity contribution in [1.29, 1.82) is 0 Å². The van der Waals surface area contributed by atoms with E-state index in [4.69, 9.17) is 4.42 Å². The number of sulfonamides is 1. The summed E-state index contributed by atoms with van der Waals surface area (Å²) in [5.74, 6) is 0.306. The third kappa shape index (κ3) is 4.21. The van der Waals surface area contributed by atoms with Crippen molar-refractivity contribution in [3.05, 3.63) is 16.5 Å². The Bertz CT molecular complexity index is 557. The maximum Gasteiger partial charge on any atom is 0.402 e. The average molecular weight is 379 g/mol. The Morgan fingerprint density at radius 3 is 2.50 bits per heavy atom. The summed E-state index contributed by atoms with van der Waals surface area (Å²) in [6, 6.07) is 1.20. The van der Waals surface area contributed by atoms with Gasteiger partial charge in [0.2, 0.25) is 10.0 Å². The predicted octanol–water partition coefficient (Wildman–Crippen LogP) is 2.33. The van der Waals surface area contributed by atoms with Crippen LogP contribution in [0.1, 0.15) is 12.7 Å². The minimum atomic E-state index is -4.60. The first-order chi connectivity index (χ1) is 9.11. The van der Waals surface area contributed by atoms with Crippen LogP contribution in [0.4, 0.5) is 13.2 Å². The summed E-state index contributed by atoms with van der Waals surface area (Å²) in [4.78, 5) is -0.311. The first kappa shape index (κ1) is 17.5. The highest BCUT2D eigenvalue weighted by molar-refractivity contribution is 9.10. The highest BCUT2D eigenvalue weighted by Crippen LogP contribution is 2.30. The number of nitrogens with zero attached hydrogens (tertiary/aromatic N) is 1. The van der Waals surface area contributed by atoms with E-state index in [1.54, 1.807) is 7.05 Å². The number of alkyl halides is 3. The number of furan rings is 1. The first-order valence-electron chi connectivity index (χ1n) is 5.61. The number of hydrogen-bond donors (Lipinski definition) is 1. The Morgan fingerprint density at radius 2 is 2.05 bits per heavy atom. The summed E-state index contributed by atoms with van der Waals surface area (Å²) >= 11 is 2.92. The van der Waals surface area contributed by atoms with E-state index in [2.05, 4.69) is 21.2 Å². The lowest BCUT2D eigenvalue weighted by Gasteiger charge is -2.21. The third-order valence-electron chi connectivity index (χ3n) is 2.38.